The van der Waals surface area contributed by atoms with E-state index in [-0.39, 0.29) is 42.1 Å². The van der Waals surface area contributed by atoms with Crippen molar-refractivity contribution in [1.82, 2.24) is 0 Å². The van der Waals surface area contributed by atoms with Crippen LogP contribution in [-0.2, 0) is 14.3 Å². The summed E-state index contributed by atoms with van der Waals surface area (Å²) in [6.45, 7) is 9.55. The van der Waals surface area contributed by atoms with Gasteiger partial charge in [-0.1, -0.05) is 13.2 Å². The summed E-state index contributed by atoms with van der Waals surface area (Å²) in [6.07, 6.45) is 0. The van der Waals surface area contributed by atoms with E-state index >= 15 is 0 Å². The van der Waals surface area contributed by atoms with Crippen LogP contribution in [-0.4, -0.2) is 11.9 Å². The van der Waals surface area contributed by atoms with Crippen LogP contribution in [0.15, 0.2) is 24.3 Å². The molecule has 0 aromatic carbocycles. The fraction of sp³-hybridized carbons (Fsp3) is 0.250. The van der Waals surface area contributed by atoms with Gasteiger partial charge in [0.2, 0.25) is 0 Å². The van der Waals surface area contributed by atoms with Gasteiger partial charge in [0.1, 0.15) is 0 Å². The molecular weight excluding hydrogens is 167 g/mol. The number of carbonyl (C=O) groups is 2. The molecule has 0 saturated heterocycles. The molecule has 0 radical (unpaired) electrons. The first-order chi connectivity index (χ1) is 4.95. The van der Waals surface area contributed by atoms with E-state index in [9.17, 15) is 9.59 Å². The zero-order chi connectivity index (χ0) is 9.02. The molecule has 3 nitrogen and oxygen atoms in total. The van der Waals surface area contributed by atoms with Crippen LogP contribution < -0.4 is 29.6 Å². The molecule has 0 saturated carbocycles. The summed E-state index contributed by atoms with van der Waals surface area (Å²) >= 11 is 0. The van der Waals surface area contributed by atoms with Gasteiger partial charge in [-0.15, -0.1) is 0 Å². The van der Waals surface area contributed by atoms with Gasteiger partial charge in [-0.2, -0.15) is 0 Å². The monoisotopic (exact) mass is 178 g/mol. The summed E-state index contributed by atoms with van der Waals surface area (Å²) in [5, 5.41) is 0. The smallest absolute Gasteiger partial charge is 1.00 e. The van der Waals surface area contributed by atoms with E-state index in [0.29, 0.717) is 0 Å². The molecule has 4 heteroatoms. The Bertz CT molecular complexity index is 212. The Morgan fingerprint density at radius 1 is 1.08 bits per heavy atom. The average Bonchev–Trinajstić information content (AvgIpc) is 1.87. The molecule has 0 bridgehead atoms. The first-order valence-corrected chi connectivity index (χ1v) is 3.02. The second kappa shape index (κ2) is 6.17. The van der Waals surface area contributed by atoms with Crippen LogP contribution in [0.2, 0.25) is 0 Å². The molecule has 0 atom stereocenters. The van der Waals surface area contributed by atoms with Gasteiger partial charge < -0.3 is 6.16 Å². The van der Waals surface area contributed by atoms with E-state index in [1.54, 1.807) is 0 Å². The minimum absolute atomic E-state index is 0. The standard InChI is InChI=1S/C8H10O3.Na.H/c1-5(2)7(9)11-8(10)6(3)4;;/h1,3H2,2,4H3;;/q;+1;-1. The van der Waals surface area contributed by atoms with Crippen LogP contribution in [0.25, 0.3) is 0 Å². The van der Waals surface area contributed by atoms with Gasteiger partial charge in [-0.05, 0) is 13.8 Å². The second-order valence-electron chi connectivity index (χ2n) is 2.24. The molecule has 0 aliphatic carbocycles. The van der Waals surface area contributed by atoms with Crippen molar-refractivity contribution in [3.8, 4) is 0 Å². The van der Waals surface area contributed by atoms with Crippen molar-refractivity contribution < 1.29 is 45.3 Å². The third-order valence-corrected chi connectivity index (χ3v) is 0.882. The number of carbonyl (C=O) groups excluding carboxylic acids is 2. The van der Waals surface area contributed by atoms with Gasteiger partial charge in [0.15, 0.2) is 0 Å². The van der Waals surface area contributed by atoms with Gasteiger partial charge >= 0.3 is 41.5 Å². The number of ether oxygens (including phenoxy) is 1. The average molecular weight is 178 g/mol. The molecular formula is C8H11NaO3. The maximum absolute atomic E-state index is 10.7. The molecule has 0 N–H and O–H groups in total. The summed E-state index contributed by atoms with van der Waals surface area (Å²) in [5.41, 5.74) is 0.388. The Hall–Kier alpha value is -0.380. The molecule has 0 rings (SSSR count). The van der Waals surface area contributed by atoms with E-state index in [1.165, 1.54) is 13.8 Å². The van der Waals surface area contributed by atoms with Crippen LogP contribution in [0.5, 0.6) is 0 Å². The van der Waals surface area contributed by atoms with Crippen molar-refractivity contribution >= 4 is 11.9 Å². The summed E-state index contributed by atoms with van der Waals surface area (Å²) in [4.78, 5) is 21.3. The first kappa shape index (κ1) is 14.2. The summed E-state index contributed by atoms with van der Waals surface area (Å²) in [5.74, 6) is -1.42. The SMILES string of the molecule is C=C(C)C(=O)OC(=O)C(=C)C.[H-].[Na+]. The van der Waals surface area contributed by atoms with Crippen molar-refractivity contribution in [2.45, 2.75) is 13.8 Å². The summed E-state index contributed by atoms with van der Waals surface area (Å²) in [7, 11) is 0. The Kier molecular flexibility index (Phi) is 7.28. The molecule has 0 fully saturated rings. The van der Waals surface area contributed by atoms with Crippen molar-refractivity contribution in [1.29, 1.82) is 0 Å². The van der Waals surface area contributed by atoms with E-state index in [4.69, 9.17) is 0 Å². The molecule has 0 aliphatic heterocycles. The third kappa shape index (κ3) is 5.29. The van der Waals surface area contributed by atoms with E-state index in [2.05, 4.69) is 17.9 Å². The normalized spacial score (nSPS) is 7.83. The maximum atomic E-state index is 10.7. The topological polar surface area (TPSA) is 43.4 Å². The van der Waals surface area contributed by atoms with Gasteiger partial charge in [0.05, 0.1) is 0 Å². The van der Waals surface area contributed by atoms with Crippen LogP contribution in [0.4, 0.5) is 0 Å². The van der Waals surface area contributed by atoms with Gasteiger partial charge in [0.25, 0.3) is 0 Å². The first-order valence-electron chi connectivity index (χ1n) is 3.02. The Balaban J connectivity index is -0.000000500. The van der Waals surface area contributed by atoms with E-state index in [1.807, 2.05) is 0 Å². The van der Waals surface area contributed by atoms with Crippen LogP contribution in [0.1, 0.15) is 15.3 Å². The molecule has 0 heterocycles. The Morgan fingerprint density at radius 2 is 1.33 bits per heavy atom. The zero-order valence-electron chi connectivity index (χ0n) is 8.64. The van der Waals surface area contributed by atoms with E-state index in [0.717, 1.165) is 0 Å². The van der Waals surface area contributed by atoms with Crippen molar-refractivity contribution in [3.63, 3.8) is 0 Å². The Labute approximate surface area is 95.2 Å². The van der Waals surface area contributed by atoms with Gasteiger partial charge in [-0.3, -0.25) is 0 Å². The Morgan fingerprint density at radius 3 is 1.50 bits per heavy atom. The van der Waals surface area contributed by atoms with Crippen LogP contribution in [0, 0.1) is 0 Å². The molecule has 0 spiro atoms. The fourth-order valence-electron chi connectivity index (χ4n) is 0.258. The molecule has 12 heavy (non-hydrogen) atoms. The van der Waals surface area contributed by atoms with E-state index < -0.39 is 11.9 Å². The van der Waals surface area contributed by atoms with Crippen molar-refractivity contribution in [2.75, 3.05) is 0 Å². The maximum Gasteiger partial charge on any atom is 1.00 e. The van der Waals surface area contributed by atoms with Crippen LogP contribution >= 0.6 is 0 Å². The minimum atomic E-state index is -0.710. The predicted molar refractivity (Wildman–Crippen MR) is 41.8 cm³/mol. The molecule has 0 aromatic rings. The minimum Gasteiger partial charge on any atom is -1.00 e. The van der Waals surface area contributed by atoms with Crippen molar-refractivity contribution in [2.24, 2.45) is 0 Å². The predicted octanol–water partition coefficient (Wildman–Crippen LogP) is -1.68. The molecule has 0 unspecified atom stereocenters. The number of hydrogen-bond donors (Lipinski definition) is 0. The third-order valence-electron chi connectivity index (χ3n) is 0.882. The van der Waals surface area contributed by atoms with Crippen molar-refractivity contribution in [3.05, 3.63) is 24.3 Å². The largest absolute Gasteiger partial charge is 1.00 e. The summed E-state index contributed by atoms with van der Waals surface area (Å²) < 4.78 is 4.30. The number of hydrogen-bond acceptors (Lipinski definition) is 3. The fourth-order valence-corrected chi connectivity index (χ4v) is 0.258. The quantitative estimate of drug-likeness (QED) is 0.220. The summed E-state index contributed by atoms with van der Waals surface area (Å²) in [6, 6.07) is 0. The van der Waals surface area contributed by atoms with Crippen LogP contribution in [0.3, 0.4) is 0 Å². The van der Waals surface area contributed by atoms with Gasteiger partial charge in [0, 0.05) is 11.1 Å². The molecule has 0 amide bonds. The zero-order valence-corrected chi connectivity index (χ0v) is 9.64. The number of rotatable bonds is 2. The molecule has 62 valence electrons. The molecule has 0 aliphatic rings. The number of esters is 2. The molecule has 0 aromatic heterocycles. The van der Waals surface area contributed by atoms with Gasteiger partial charge in [-0.25, -0.2) is 9.59 Å². The second-order valence-corrected chi connectivity index (χ2v) is 2.24.